The molecule has 6 aliphatic heterocycles. The number of benzene rings is 5. The Morgan fingerprint density at radius 3 is 0.959 bits per heavy atom. The summed E-state index contributed by atoms with van der Waals surface area (Å²) in [7, 11) is 0. The third-order valence-corrected chi connectivity index (χ3v) is 18.5. The maximum atomic E-state index is 12.8. The zero-order valence-corrected chi connectivity index (χ0v) is 68.9. The van der Waals surface area contributed by atoms with Gasteiger partial charge >= 0.3 is 12.1 Å². The topological polar surface area (TPSA) is 330 Å². The average molecular weight is 1710 g/mol. The molecule has 0 bridgehead atoms. The molecule has 0 unspecified atom stereocenters. The minimum absolute atomic E-state index is 0.00480. The highest BCUT2D eigenvalue weighted by atomic mass is 32.1. The van der Waals surface area contributed by atoms with E-state index < -0.39 is 76.8 Å². The molecule has 0 spiro atoms. The number of carbonyl (C=O) groups is 16. The number of thiocarbonyl (C=S) groups is 2. The number of allylic oxidation sites excluding steroid dienone is 12. The number of likely N-dealkylation sites (N-methyl/N-ethyl adjacent to an activating group) is 6. The maximum absolute atomic E-state index is 12.8. The van der Waals surface area contributed by atoms with Gasteiger partial charge < -0.3 is 14.6 Å². The number of Topliss-reactive ketones (excluding diaryl/α,β-unsaturated/α-hetero) is 4. The summed E-state index contributed by atoms with van der Waals surface area (Å²) in [5.41, 5.74) is 4.13. The number of nitrogens with one attached hydrogen (secondary N) is 2. The SMILES string of the molecule is CCN1C(=O)/C(=C/C=C/c2ccc(F)cc2)C(=O)CC1=S.CCN1C(=O)C(=C/C=C/c2ccccc2)C(=O)N(CC)C1=O.CCN1C(=O)C(=C/C=C/c2ccco2)C(=O)N(CC)C1=O.CCN1C(=O)CC(=O)/C(=C\C=C\c2ccc(F)cc2)C1=O.O=C1CC(=O)/C(=C\C=C\c2ccc(F)cc2)C(=O)N1.O=C1CC(=S)NC(=O)/C1=C/C=C/c1ccc(F)cc1. The van der Waals surface area contributed by atoms with Gasteiger partial charge in [-0.05, 0) is 173 Å². The van der Waals surface area contributed by atoms with E-state index in [2.05, 4.69) is 10.6 Å². The van der Waals surface area contributed by atoms with Gasteiger partial charge in [-0.15, -0.1) is 0 Å². The maximum Gasteiger partial charge on any atom is 0.333 e. The molecule has 6 aliphatic rings. The number of nitrogens with zero attached hydrogens (tertiary/aromatic N) is 6. The molecular formula is C92H82F4N8O17S2. The Balaban J connectivity index is 0.000000203. The summed E-state index contributed by atoms with van der Waals surface area (Å²) in [4.78, 5) is 196. The first-order valence-corrected chi connectivity index (χ1v) is 39.0. The molecule has 123 heavy (non-hydrogen) atoms. The molecule has 1 aromatic heterocycles. The predicted octanol–water partition coefficient (Wildman–Crippen LogP) is 13.1. The average Bonchev–Trinajstić information content (AvgIpc) is 1.73. The van der Waals surface area contributed by atoms with Crippen molar-refractivity contribution in [2.45, 2.75) is 67.2 Å². The van der Waals surface area contributed by atoms with Crippen LogP contribution < -0.4 is 10.6 Å². The number of imide groups is 6. The van der Waals surface area contributed by atoms with Gasteiger partial charge in [-0.1, -0.05) is 170 Å². The highest BCUT2D eigenvalue weighted by Crippen LogP contribution is 2.23. The Hall–Kier alpha value is -14.7. The molecule has 6 fully saturated rings. The molecule has 0 atom stereocenters. The van der Waals surface area contributed by atoms with E-state index in [1.165, 1.54) is 102 Å². The summed E-state index contributed by atoms with van der Waals surface area (Å²) in [5.74, 6) is -7.59. The van der Waals surface area contributed by atoms with Crippen molar-refractivity contribution in [2.24, 2.45) is 0 Å². The lowest BCUT2D eigenvalue weighted by atomic mass is 10.0. The number of piperidine rings is 4. The summed E-state index contributed by atoms with van der Waals surface area (Å²) in [6, 6.07) is 35.3. The van der Waals surface area contributed by atoms with E-state index in [4.69, 9.17) is 28.9 Å². The summed E-state index contributed by atoms with van der Waals surface area (Å²) in [6.45, 7) is 11.9. The summed E-state index contributed by atoms with van der Waals surface area (Å²) >= 11 is 9.82. The third-order valence-electron chi connectivity index (χ3n) is 17.8. The number of likely N-dealkylation sites (tertiary alicyclic amines) is 2. The Morgan fingerprint density at radius 1 is 0.317 bits per heavy atom. The fourth-order valence-corrected chi connectivity index (χ4v) is 12.1. The van der Waals surface area contributed by atoms with Crippen LogP contribution >= 0.6 is 24.4 Å². The molecule has 7 heterocycles. The van der Waals surface area contributed by atoms with E-state index in [1.54, 1.807) is 162 Å². The Morgan fingerprint density at radius 2 is 0.618 bits per heavy atom. The smallest absolute Gasteiger partial charge is 0.333 e. The van der Waals surface area contributed by atoms with Crippen molar-refractivity contribution in [1.82, 2.24) is 40.0 Å². The van der Waals surface area contributed by atoms with Crippen molar-refractivity contribution in [1.29, 1.82) is 0 Å². The van der Waals surface area contributed by atoms with Crippen LogP contribution in [0.2, 0.25) is 0 Å². The number of ketones is 4. The molecule has 6 saturated heterocycles. The van der Waals surface area contributed by atoms with Crippen LogP contribution in [0.5, 0.6) is 0 Å². The van der Waals surface area contributed by atoms with Crippen molar-refractivity contribution in [3.63, 3.8) is 0 Å². The van der Waals surface area contributed by atoms with Gasteiger partial charge in [0.1, 0.15) is 40.2 Å². The Labute approximate surface area is 715 Å². The number of halogens is 4. The Kier molecular flexibility index (Phi) is 36.6. The number of amides is 14. The van der Waals surface area contributed by atoms with Gasteiger partial charge in [-0.3, -0.25) is 96.9 Å². The van der Waals surface area contributed by atoms with E-state index in [0.29, 0.717) is 17.3 Å². The van der Waals surface area contributed by atoms with Crippen LogP contribution in [0, 0.1) is 23.3 Å². The van der Waals surface area contributed by atoms with E-state index in [0.717, 1.165) is 52.3 Å². The molecule has 14 amide bonds. The van der Waals surface area contributed by atoms with E-state index in [1.807, 2.05) is 37.3 Å². The number of rotatable bonds is 18. The van der Waals surface area contributed by atoms with Gasteiger partial charge in [0.2, 0.25) is 11.8 Å². The van der Waals surface area contributed by atoms with Gasteiger partial charge in [0.15, 0.2) is 23.1 Å². The van der Waals surface area contributed by atoms with Crippen LogP contribution in [-0.4, -0.2) is 173 Å². The molecule has 6 aromatic rings. The van der Waals surface area contributed by atoms with Crippen molar-refractivity contribution in [3.05, 3.63) is 309 Å². The van der Waals surface area contributed by atoms with Crippen LogP contribution in [0.25, 0.3) is 36.5 Å². The molecular weight excluding hydrogens is 1630 g/mol. The fraction of sp³-hybridized carbons (Fsp3) is 0.174. The van der Waals surface area contributed by atoms with Crippen LogP contribution in [0.4, 0.5) is 27.2 Å². The van der Waals surface area contributed by atoms with Gasteiger partial charge in [-0.2, -0.15) is 0 Å². The number of furan rings is 1. The van der Waals surface area contributed by atoms with E-state index in [-0.39, 0.29) is 138 Å². The zero-order valence-electron chi connectivity index (χ0n) is 67.3. The summed E-state index contributed by atoms with van der Waals surface area (Å²) in [5, 5.41) is 4.50. The minimum atomic E-state index is -0.690. The molecule has 2 N–H and O–H groups in total. The van der Waals surface area contributed by atoms with Crippen LogP contribution in [0.15, 0.2) is 257 Å². The second kappa shape index (κ2) is 47.2. The first kappa shape index (κ1) is 95.4. The van der Waals surface area contributed by atoms with Crippen molar-refractivity contribution in [3.8, 4) is 0 Å². The highest BCUT2D eigenvalue weighted by Gasteiger charge is 2.42. The fourth-order valence-electron chi connectivity index (χ4n) is 11.5. The predicted molar refractivity (Wildman–Crippen MR) is 459 cm³/mol. The summed E-state index contributed by atoms with van der Waals surface area (Å²) in [6.07, 6.45) is 29.1. The van der Waals surface area contributed by atoms with Crippen molar-refractivity contribution < 1.29 is 98.7 Å². The molecule has 12 rings (SSSR count). The zero-order chi connectivity index (χ0) is 90.0. The third kappa shape index (κ3) is 27.4. The Bertz CT molecular complexity index is 5180. The molecule has 5 aromatic carbocycles. The second-order valence-electron chi connectivity index (χ2n) is 26.1. The molecule has 0 saturated carbocycles. The monoisotopic (exact) mass is 1710 g/mol. The molecule has 0 radical (unpaired) electrons. The van der Waals surface area contributed by atoms with E-state index >= 15 is 0 Å². The van der Waals surface area contributed by atoms with Crippen molar-refractivity contribution >= 4 is 165 Å². The van der Waals surface area contributed by atoms with Crippen LogP contribution in [0.3, 0.4) is 0 Å². The van der Waals surface area contributed by atoms with Gasteiger partial charge in [-0.25, -0.2) is 27.2 Å². The van der Waals surface area contributed by atoms with Crippen LogP contribution in [-0.2, 0) is 67.1 Å². The lowest BCUT2D eigenvalue weighted by Crippen LogP contribution is -2.56. The lowest BCUT2D eigenvalue weighted by Gasteiger charge is -2.32. The first-order chi connectivity index (χ1) is 58.9. The van der Waals surface area contributed by atoms with Crippen LogP contribution in [0.1, 0.15) is 101 Å². The molecule has 31 heteroatoms. The molecule has 0 aliphatic carbocycles. The number of carbonyl (C=O) groups excluding carboxylic acids is 16. The van der Waals surface area contributed by atoms with Gasteiger partial charge in [0.05, 0.1) is 64.2 Å². The lowest BCUT2D eigenvalue weighted by molar-refractivity contribution is -0.148. The second-order valence-corrected chi connectivity index (χ2v) is 27.0. The quantitative estimate of drug-likeness (QED) is 0.0202. The number of barbiturate groups is 2. The molecule has 632 valence electrons. The number of hydrogen-bond acceptors (Lipinski definition) is 19. The van der Waals surface area contributed by atoms with Gasteiger partial charge in [0, 0.05) is 39.3 Å². The minimum Gasteiger partial charge on any atom is -0.465 e. The first-order valence-electron chi connectivity index (χ1n) is 38.1. The summed E-state index contributed by atoms with van der Waals surface area (Å²) < 4.78 is 56.0. The number of urea groups is 2. The van der Waals surface area contributed by atoms with Gasteiger partial charge in [0.25, 0.3) is 47.3 Å². The van der Waals surface area contributed by atoms with Crippen molar-refractivity contribution in [2.75, 3.05) is 39.3 Å². The molecule has 25 nitrogen and oxygen atoms in total. The normalized spacial score (nSPS) is 17.4. The van der Waals surface area contributed by atoms with E-state index in [9.17, 15) is 94.3 Å². The largest absolute Gasteiger partial charge is 0.465 e. The highest BCUT2D eigenvalue weighted by molar-refractivity contribution is 7.80. The number of hydrogen-bond donors (Lipinski definition) is 2. The standard InChI is InChI=1S/C17H18N2O3.C16H14FNO3.C16H14FNO2S.C15H16N2O4.C14H10FNO3.C14H10FNO2S/c1-3-18-15(20)14(16(21)19(4-2)17(18)22)12-8-11-13-9-6-5-7-10-13;1-2-18-15(20)10-14(19)13(16(18)21)5-3-4-11-6-8-12(17)9-7-11;1-2-18-15(21)10-14(19)13(16(18)20)5-3-4-11-6-8-12(17)9-7-11;1-3-16-13(18)12(14(19)17(4-2)15(16)20)9-5-7-11-8-6-10-21-11;15-10-6-4-9(5-7-10)2-1-3-11-12(17)8-13(18)16-14(11)19;15-10-6-4-9(5-7-10)2-1-3-11-12(17)8-13(19)16-14(11)18/h5-12H,3-4H2,1-2H3;2*3-9H,2,10H2,1H3;5-10H,3-4H2,1-2H3;2*1-7H,8H2,(H,16,18,19)/b11-8+;2*4-3+,13-5+;7-5+;2*2-1+,11-3+.